The van der Waals surface area contributed by atoms with Gasteiger partial charge in [-0.15, -0.1) is 11.3 Å². The summed E-state index contributed by atoms with van der Waals surface area (Å²) in [4.78, 5) is 6.09. The molecule has 24 heavy (non-hydrogen) atoms. The van der Waals surface area contributed by atoms with Crippen molar-refractivity contribution < 1.29 is 4.74 Å². The summed E-state index contributed by atoms with van der Waals surface area (Å²) in [7, 11) is 1.67. The number of thiazole rings is 1. The molecule has 1 heterocycles. The zero-order valence-electron chi connectivity index (χ0n) is 13.7. The lowest BCUT2D eigenvalue weighted by Crippen LogP contribution is -1.90. The smallest absolute Gasteiger partial charge is 0.187 e. The molecule has 0 radical (unpaired) electrons. The standard InChI is InChI=1S/C19H19ClN2OS/c1-3-5-17-18(13-8-10-16(23-2)11-9-13)22-19(24-17)21-15-7-4-6-14(20)12-15/h4,6-12H,3,5H2,1-2H3,(H,21,22). The summed E-state index contributed by atoms with van der Waals surface area (Å²) in [5.41, 5.74) is 3.09. The monoisotopic (exact) mass is 358 g/mol. The van der Waals surface area contributed by atoms with Gasteiger partial charge in [0.05, 0.1) is 12.8 Å². The Labute approximate surface area is 151 Å². The predicted molar refractivity (Wildman–Crippen MR) is 103 cm³/mol. The zero-order chi connectivity index (χ0) is 16.9. The molecule has 0 saturated heterocycles. The Morgan fingerprint density at radius 3 is 2.62 bits per heavy atom. The molecule has 0 aliphatic rings. The van der Waals surface area contributed by atoms with Crippen molar-refractivity contribution in [2.24, 2.45) is 0 Å². The van der Waals surface area contributed by atoms with Gasteiger partial charge in [0.25, 0.3) is 0 Å². The SMILES string of the molecule is CCCc1sc(Nc2cccc(Cl)c2)nc1-c1ccc(OC)cc1. The van der Waals surface area contributed by atoms with Crippen molar-refractivity contribution in [2.75, 3.05) is 12.4 Å². The molecule has 0 amide bonds. The fourth-order valence-corrected chi connectivity index (χ4v) is 3.76. The highest BCUT2D eigenvalue weighted by atomic mass is 35.5. The molecule has 0 spiro atoms. The molecule has 1 N–H and O–H groups in total. The second-order valence-corrected chi connectivity index (χ2v) is 6.92. The van der Waals surface area contributed by atoms with E-state index in [1.807, 2.05) is 36.4 Å². The maximum atomic E-state index is 6.05. The molecular weight excluding hydrogens is 340 g/mol. The Kier molecular flexibility index (Phi) is 5.38. The maximum absolute atomic E-state index is 6.05. The zero-order valence-corrected chi connectivity index (χ0v) is 15.2. The van der Waals surface area contributed by atoms with Gasteiger partial charge in [-0.3, -0.25) is 0 Å². The molecule has 0 aliphatic heterocycles. The summed E-state index contributed by atoms with van der Waals surface area (Å²) in [5.74, 6) is 0.850. The summed E-state index contributed by atoms with van der Waals surface area (Å²) < 4.78 is 5.24. The van der Waals surface area contributed by atoms with Crippen LogP contribution in [0.1, 0.15) is 18.2 Å². The van der Waals surface area contributed by atoms with Crippen LogP contribution in [0.2, 0.25) is 5.02 Å². The Balaban J connectivity index is 1.91. The number of halogens is 1. The highest BCUT2D eigenvalue weighted by Crippen LogP contribution is 2.34. The van der Waals surface area contributed by atoms with Crippen LogP contribution in [0.5, 0.6) is 5.75 Å². The van der Waals surface area contributed by atoms with Gasteiger partial charge in [-0.05, 0) is 48.9 Å². The fourth-order valence-electron chi connectivity index (χ4n) is 2.47. The van der Waals surface area contributed by atoms with Gasteiger partial charge in [0, 0.05) is 21.2 Å². The first kappa shape index (κ1) is 16.8. The van der Waals surface area contributed by atoms with Crippen molar-refractivity contribution >= 4 is 33.8 Å². The number of ether oxygens (including phenoxy) is 1. The normalized spacial score (nSPS) is 10.6. The third kappa shape index (κ3) is 3.89. The Bertz CT molecular complexity index is 814. The number of anilines is 2. The molecule has 0 unspecified atom stereocenters. The molecular formula is C19H19ClN2OS. The minimum absolute atomic E-state index is 0.709. The molecule has 1 aromatic heterocycles. The molecule has 0 saturated carbocycles. The molecule has 2 aromatic carbocycles. The van der Waals surface area contributed by atoms with Crippen LogP contribution in [0.25, 0.3) is 11.3 Å². The Morgan fingerprint density at radius 1 is 1.17 bits per heavy atom. The fraction of sp³-hybridized carbons (Fsp3) is 0.211. The molecule has 0 bridgehead atoms. The van der Waals surface area contributed by atoms with Crippen LogP contribution in [0.3, 0.4) is 0 Å². The summed E-state index contributed by atoms with van der Waals surface area (Å²) in [6.45, 7) is 2.18. The van der Waals surface area contributed by atoms with Crippen LogP contribution in [0.4, 0.5) is 10.8 Å². The first-order valence-electron chi connectivity index (χ1n) is 7.86. The number of nitrogens with zero attached hydrogens (tertiary/aromatic N) is 1. The average molecular weight is 359 g/mol. The van der Waals surface area contributed by atoms with E-state index in [1.54, 1.807) is 18.4 Å². The van der Waals surface area contributed by atoms with E-state index in [9.17, 15) is 0 Å². The van der Waals surface area contributed by atoms with Gasteiger partial charge in [0.2, 0.25) is 0 Å². The molecule has 0 aliphatic carbocycles. The predicted octanol–water partition coefficient (Wildman–Crippen LogP) is 6.17. The molecule has 124 valence electrons. The lowest BCUT2D eigenvalue weighted by Gasteiger charge is -2.03. The van der Waals surface area contributed by atoms with E-state index >= 15 is 0 Å². The van der Waals surface area contributed by atoms with E-state index < -0.39 is 0 Å². The Morgan fingerprint density at radius 2 is 1.96 bits per heavy atom. The number of methoxy groups -OCH3 is 1. The number of hydrogen-bond donors (Lipinski definition) is 1. The van der Waals surface area contributed by atoms with E-state index in [4.69, 9.17) is 21.3 Å². The van der Waals surface area contributed by atoms with Crippen LogP contribution in [-0.4, -0.2) is 12.1 Å². The van der Waals surface area contributed by atoms with Gasteiger partial charge in [0.1, 0.15) is 5.75 Å². The van der Waals surface area contributed by atoms with Crippen LogP contribution >= 0.6 is 22.9 Å². The lowest BCUT2D eigenvalue weighted by molar-refractivity contribution is 0.415. The van der Waals surface area contributed by atoms with E-state index in [1.165, 1.54) is 4.88 Å². The highest BCUT2D eigenvalue weighted by molar-refractivity contribution is 7.16. The minimum Gasteiger partial charge on any atom is -0.497 e. The van der Waals surface area contributed by atoms with Crippen molar-refractivity contribution in [1.29, 1.82) is 0 Å². The van der Waals surface area contributed by atoms with Gasteiger partial charge in [-0.25, -0.2) is 4.98 Å². The molecule has 3 nitrogen and oxygen atoms in total. The van der Waals surface area contributed by atoms with Crippen molar-refractivity contribution in [2.45, 2.75) is 19.8 Å². The van der Waals surface area contributed by atoms with E-state index in [0.717, 1.165) is 40.7 Å². The summed E-state index contributed by atoms with van der Waals surface area (Å²) >= 11 is 7.75. The summed E-state index contributed by atoms with van der Waals surface area (Å²) in [6, 6.07) is 15.7. The first-order chi connectivity index (χ1) is 11.7. The molecule has 0 atom stereocenters. The largest absolute Gasteiger partial charge is 0.497 e. The van der Waals surface area contributed by atoms with Crippen molar-refractivity contribution in [3.05, 3.63) is 58.4 Å². The van der Waals surface area contributed by atoms with E-state index in [2.05, 4.69) is 24.4 Å². The van der Waals surface area contributed by atoms with E-state index in [-0.39, 0.29) is 0 Å². The van der Waals surface area contributed by atoms with Crippen LogP contribution in [0, 0.1) is 0 Å². The third-order valence-electron chi connectivity index (χ3n) is 3.61. The lowest BCUT2D eigenvalue weighted by atomic mass is 10.1. The number of benzene rings is 2. The van der Waals surface area contributed by atoms with Crippen LogP contribution in [0.15, 0.2) is 48.5 Å². The second-order valence-electron chi connectivity index (χ2n) is 5.40. The van der Waals surface area contributed by atoms with Gasteiger partial charge in [-0.1, -0.05) is 31.0 Å². The molecule has 3 rings (SSSR count). The molecule has 5 heteroatoms. The van der Waals surface area contributed by atoms with Gasteiger partial charge in [0.15, 0.2) is 5.13 Å². The van der Waals surface area contributed by atoms with Gasteiger partial charge in [-0.2, -0.15) is 0 Å². The van der Waals surface area contributed by atoms with Crippen molar-refractivity contribution in [3.63, 3.8) is 0 Å². The maximum Gasteiger partial charge on any atom is 0.187 e. The third-order valence-corrected chi connectivity index (χ3v) is 4.88. The van der Waals surface area contributed by atoms with Gasteiger partial charge < -0.3 is 10.1 Å². The number of nitrogens with one attached hydrogen (secondary N) is 1. The number of hydrogen-bond acceptors (Lipinski definition) is 4. The number of rotatable bonds is 6. The average Bonchev–Trinajstić information content (AvgIpc) is 2.98. The van der Waals surface area contributed by atoms with Crippen LogP contribution in [-0.2, 0) is 6.42 Å². The van der Waals surface area contributed by atoms with Crippen molar-refractivity contribution in [3.8, 4) is 17.0 Å². The number of aryl methyl sites for hydroxylation is 1. The summed E-state index contributed by atoms with van der Waals surface area (Å²) in [6.07, 6.45) is 2.10. The van der Waals surface area contributed by atoms with Crippen molar-refractivity contribution in [1.82, 2.24) is 4.98 Å². The first-order valence-corrected chi connectivity index (χ1v) is 9.05. The topological polar surface area (TPSA) is 34.2 Å². The quantitative estimate of drug-likeness (QED) is 0.572. The highest BCUT2D eigenvalue weighted by Gasteiger charge is 2.13. The van der Waals surface area contributed by atoms with Gasteiger partial charge >= 0.3 is 0 Å². The Hall–Kier alpha value is -2.04. The molecule has 3 aromatic rings. The second kappa shape index (κ2) is 7.69. The van der Waals surface area contributed by atoms with Crippen LogP contribution < -0.4 is 10.1 Å². The van der Waals surface area contributed by atoms with E-state index in [0.29, 0.717) is 5.02 Å². The number of aromatic nitrogens is 1. The molecule has 0 fully saturated rings. The minimum atomic E-state index is 0.709. The summed E-state index contributed by atoms with van der Waals surface area (Å²) in [5, 5.41) is 4.94.